The predicted molar refractivity (Wildman–Crippen MR) is 105 cm³/mol. The molecule has 7 heteroatoms. The Morgan fingerprint density at radius 3 is 2.37 bits per heavy atom. The molecule has 0 bridgehead atoms. The average Bonchev–Trinajstić information content (AvgIpc) is 2.68. The van der Waals surface area contributed by atoms with Gasteiger partial charge in [0.2, 0.25) is 11.8 Å². The molecule has 1 N–H and O–H groups in total. The number of piperazine rings is 1. The first kappa shape index (κ1) is 19.6. The fourth-order valence-corrected chi connectivity index (χ4v) is 4.17. The first-order valence-corrected chi connectivity index (χ1v) is 9.95. The number of aryl methyl sites for hydroxylation is 1. The first-order valence-electron chi connectivity index (χ1n) is 9.95. The quantitative estimate of drug-likeness (QED) is 0.869. The Morgan fingerprint density at radius 1 is 1.07 bits per heavy atom. The lowest BCUT2D eigenvalue weighted by atomic mass is 9.94. The molecule has 1 aliphatic carbocycles. The van der Waals surface area contributed by atoms with Crippen LogP contribution in [0.5, 0.6) is 0 Å². The third-order valence-corrected chi connectivity index (χ3v) is 5.75. The molecule has 27 heavy (non-hydrogen) atoms. The molecule has 0 spiro atoms. The summed E-state index contributed by atoms with van der Waals surface area (Å²) in [6.07, 6.45) is 6.53. The number of carbonyl (C=O) groups is 2. The average molecular weight is 374 g/mol. The molecule has 2 aliphatic rings. The third kappa shape index (κ3) is 4.77. The van der Waals surface area contributed by atoms with Gasteiger partial charge in [-0.25, -0.2) is 0 Å². The molecule has 7 nitrogen and oxygen atoms in total. The Hall–Kier alpha value is -2.15. The minimum absolute atomic E-state index is 0.0154. The van der Waals surface area contributed by atoms with Crippen molar-refractivity contribution >= 4 is 17.5 Å². The van der Waals surface area contributed by atoms with Gasteiger partial charge < -0.3 is 14.8 Å². The topological polar surface area (TPSA) is 74.7 Å². The lowest BCUT2D eigenvalue weighted by molar-refractivity contribution is -0.134. The van der Waals surface area contributed by atoms with E-state index in [1.54, 1.807) is 19.1 Å². The second-order valence-corrected chi connectivity index (χ2v) is 7.67. The fourth-order valence-electron chi connectivity index (χ4n) is 4.17. The van der Waals surface area contributed by atoms with Crippen LogP contribution in [0.1, 0.15) is 44.7 Å². The van der Waals surface area contributed by atoms with Gasteiger partial charge in [0.05, 0.1) is 0 Å². The zero-order chi connectivity index (χ0) is 19.4. The smallest absolute Gasteiger partial charge is 0.274 e. The van der Waals surface area contributed by atoms with Gasteiger partial charge >= 0.3 is 0 Å². The van der Waals surface area contributed by atoms with Crippen molar-refractivity contribution in [2.45, 2.75) is 58.5 Å². The Labute approximate surface area is 160 Å². The van der Waals surface area contributed by atoms with Crippen LogP contribution in [0.2, 0.25) is 0 Å². The molecule has 2 amide bonds. The molecule has 0 radical (unpaired) electrons. The summed E-state index contributed by atoms with van der Waals surface area (Å²) >= 11 is 0. The molecule has 0 unspecified atom stereocenters. The molecule has 1 aromatic rings. The molecular formula is C20H30N4O3. The summed E-state index contributed by atoms with van der Waals surface area (Å²) in [5, 5.41) is 2.53. The Kier molecular flexibility index (Phi) is 6.31. The molecule has 2 heterocycles. The zero-order valence-electron chi connectivity index (χ0n) is 16.4. The van der Waals surface area contributed by atoms with E-state index in [0.717, 1.165) is 13.1 Å². The van der Waals surface area contributed by atoms with E-state index in [4.69, 9.17) is 0 Å². The van der Waals surface area contributed by atoms with E-state index in [-0.39, 0.29) is 29.6 Å². The highest BCUT2D eigenvalue weighted by Crippen LogP contribution is 2.23. The largest absolute Gasteiger partial charge is 0.339 e. The van der Waals surface area contributed by atoms with Crippen molar-refractivity contribution in [1.29, 1.82) is 0 Å². The third-order valence-electron chi connectivity index (χ3n) is 5.75. The summed E-state index contributed by atoms with van der Waals surface area (Å²) in [7, 11) is 0. The van der Waals surface area contributed by atoms with Gasteiger partial charge in [-0.2, -0.15) is 0 Å². The van der Waals surface area contributed by atoms with Crippen LogP contribution in [0.15, 0.2) is 16.9 Å². The van der Waals surface area contributed by atoms with E-state index in [9.17, 15) is 14.4 Å². The highest BCUT2D eigenvalue weighted by molar-refractivity contribution is 5.88. The molecular weight excluding hydrogens is 344 g/mol. The van der Waals surface area contributed by atoms with Gasteiger partial charge in [0.1, 0.15) is 12.2 Å². The SMILES string of the molecule is CC(=O)Nc1ccc(C)n(CC(=O)N2CCN(C3CCCCC3)CC2)c1=O. The zero-order valence-corrected chi connectivity index (χ0v) is 16.4. The molecule has 2 fully saturated rings. The summed E-state index contributed by atoms with van der Waals surface area (Å²) in [5.41, 5.74) is 0.589. The van der Waals surface area contributed by atoms with Gasteiger partial charge in [0.25, 0.3) is 5.56 Å². The lowest BCUT2D eigenvalue weighted by Crippen LogP contribution is -2.53. The lowest BCUT2D eigenvalue weighted by Gasteiger charge is -2.40. The molecule has 0 atom stereocenters. The van der Waals surface area contributed by atoms with Crippen molar-refractivity contribution in [2.24, 2.45) is 0 Å². The fraction of sp³-hybridized carbons (Fsp3) is 0.650. The number of hydrogen-bond acceptors (Lipinski definition) is 4. The van der Waals surface area contributed by atoms with Gasteiger partial charge in [-0.15, -0.1) is 0 Å². The van der Waals surface area contributed by atoms with Crippen LogP contribution in [-0.2, 0) is 16.1 Å². The van der Waals surface area contributed by atoms with E-state index < -0.39 is 0 Å². The second kappa shape index (κ2) is 8.69. The molecule has 1 saturated heterocycles. The molecule has 3 rings (SSSR count). The van der Waals surface area contributed by atoms with Gasteiger partial charge in [0, 0.05) is 44.8 Å². The number of pyridine rings is 1. The number of hydrogen-bond donors (Lipinski definition) is 1. The van der Waals surface area contributed by atoms with Crippen molar-refractivity contribution in [3.8, 4) is 0 Å². The van der Waals surface area contributed by atoms with Crippen LogP contribution in [0.25, 0.3) is 0 Å². The van der Waals surface area contributed by atoms with Crippen LogP contribution in [0.3, 0.4) is 0 Å². The van der Waals surface area contributed by atoms with Gasteiger partial charge in [-0.05, 0) is 31.9 Å². The van der Waals surface area contributed by atoms with Crippen molar-refractivity contribution in [1.82, 2.24) is 14.4 Å². The minimum atomic E-state index is -0.334. The number of carbonyl (C=O) groups excluding carboxylic acids is 2. The van der Waals surface area contributed by atoms with Crippen LogP contribution in [0.4, 0.5) is 5.69 Å². The van der Waals surface area contributed by atoms with Crippen molar-refractivity contribution in [3.05, 3.63) is 28.2 Å². The van der Waals surface area contributed by atoms with Crippen LogP contribution in [0, 0.1) is 6.92 Å². The first-order chi connectivity index (χ1) is 13.0. The highest BCUT2D eigenvalue weighted by Gasteiger charge is 2.27. The summed E-state index contributed by atoms with van der Waals surface area (Å²) in [6, 6.07) is 4.01. The van der Waals surface area contributed by atoms with Gasteiger partial charge in [-0.3, -0.25) is 19.3 Å². The normalized spacial score (nSPS) is 19.1. The number of nitrogens with one attached hydrogen (secondary N) is 1. The van der Waals surface area contributed by atoms with Crippen LogP contribution in [-0.4, -0.2) is 58.4 Å². The van der Waals surface area contributed by atoms with Crippen molar-refractivity contribution in [2.75, 3.05) is 31.5 Å². The molecule has 1 aliphatic heterocycles. The standard InChI is InChI=1S/C20H30N4O3/c1-15-8-9-18(21-16(2)25)20(27)24(15)14-19(26)23-12-10-22(11-13-23)17-6-4-3-5-7-17/h8-9,17H,3-7,10-14H2,1-2H3,(H,21,25). The van der Waals surface area contributed by atoms with Gasteiger partial charge in [-0.1, -0.05) is 19.3 Å². The predicted octanol–water partition coefficient (Wildman–Crippen LogP) is 1.59. The van der Waals surface area contributed by atoms with E-state index in [1.165, 1.54) is 43.6 Å². The number of anilines is 1. The Bertz CT molecular complexity index is 744. The van der Waals surface area contributed by atoms with E-state index in [1.807, 2.05) is 4.90 Å². The summed E-state index contributed by atoms with van der Waals surface area (Å²) < 4.78 is 1.45. The highest BCUT2D eigenvalue weighted by atomic mass is 16.2. The maximum Gasteiger partial charge on any atom is 0.274 e. The number of amides is 2. The summed E-state index contributed by atoms with van der Waals surface area (Å²) in [4.78, 5) is 41.0. The van der Waals surface area contributed by atoms with Crippen LogP contribution < -0.4 is 10.9 Å². The van der Waals surface area contributed by atoms with E-state index in [2.05, 4.69) is 10.2 Å². The molecule has 148 valence electrons. The molecule has 0 aromatic carbocycles. The maximum absolute atomic E-state index is 12.7. The number of nitrogens with zero attached hydrogens (tertiary/aromatic N) is 3. The summed E-state index contributed by atoms with van der Waals surface area (Å²) in [6.45, 7) is 6.44. The van der Waals surface area contributed by atoms with Crippen LogP contribution >= 0.6 is 0 Å². The van der Waals surface area contributed by atoms with Crippen molar-refractivity contribution in [3.63, 3.8) is 0 Å². The number of rotatable bonds is 4. The van der Waals surface area contributed by atoms with E-state index in [0.29, 0.717) is 24.8 Å². The van der Waals surface area contributed by atoms with Gasteiger partial charge in [0.15, 0.2) is 0 Å². The monoisotopic (exact) mass is 374 g/mol. The molecule has 1 saturated carbocycles. The number of aromatic nitrogens is 1. The maximum atomic E-state index is 12.7. The molecule has 1 aromatic heterocycles. The Morgan fingerprint density at radius 2 is 1.74 bits per heavy atom. The summed E-state index contributed by atoms with van der Waals surface area (Å²) in [5.74, 6) is -0.337. The van der Waals surface area contributed by atoms with E-state index >= 15 is 0 Å². The minimum Gasteiger partial charge on any atom is -0.339 e. The second-order valence-electron chi connectivity index (χ2n) is 7.67. The van der Waals surface area contributed by atoms with Crippen molar-refractivity contribution < 1.29 is 9.59 Å². The Balaban J connectivity index is 1.61.